The molecule has 4 unspecified atom stereocenters. The summed E-state index contributed by atoms with van der Waals surface area (Å²) in [5.41, 5.74) is 0. The quantitative estimate of drug-likeness (QED) is 0.758. The lowest BCUT2D eigenvalue weighted by Gasteiger charge is -2.25. The van der Waals surface area contributed by atoms with Gasteiger partial charge >= 0.3 is 0 Å². The van der Waals surface area contributed by atoms with Gasteiger partial charge in [0.2, 0.25) is 0 Å². The lowest BCUT2D eigenvalue weighted by atomic mass is 10.1. The van der Waals surface area contributed by atoms with Crippen LogP contribution in [0.2, 0.25) is 0 Å². The van der Waals surface area contributed by atoms with E-state index in [0.717, 1.165) is 30.3 Å². The summed E-state index contributed by atoms with van der Waals surface area (Å²) in [6, 6.07) is 0. The van der Waals surface area contributed by atoms with Crippen LogP contribution in [0.4, 0.5) is 0 Å². The Morgan fingerprint density at radius 3 is 1.63 bits per heavy atom. The zero-order valence-corrected chi connectivity index (χ0v) is 12.7. The molecule has 0 radical (unpaired) electrons. The molecule has 2 fully saturated rings. The highest BCUT2D eigenvalue weighted by molar-refractivity contribution is 4.93. The van der Waals surface area contributed by atoms with Crippen LogP contribution in [0.5, 0.6) is 0 Å². The Morgan fingerprint density at radius 2 is 1.26 bits per heavy atom. The van der Waals surface area contributed by atoms with E-state index in [9.17, 15) is 0 Å². The van der Waals surface area contributed by atoms with E-state index in [2.05, 4.69) is 36.0 Å². The second-order valence-corrected chi connectivity index (χ2v) is 7.55. The molecule has 0 bridgehead atoms. The van der Waals surface area contributed by atoms with Crippen LogP contribution in [0.1, 0.15) is 52.4 Å². The summed E-state index contributed by atoms with van der Waals surface area (Å²) in [6.07, 6.45) is 13.4. The molecule has 0 N–H and O–H groups in total. The fourth-order valence-corrected chi connectivity index (χ4v) is 4.40. The number of rotatable bonds is 4. The van der Waals surface area contributed by atoms with Crippen molar-refractivity contribution >= 4 is 0 Å². The van der Waals surface area contributed by atoms with Crippen molar-refractivity contribution in [2.45, 2.75) is 52.4 Å². The van der Waals surface area contributed by atoms with Crippen molar-refractivity contribution in [3.05, 3.63) is 12.4 Å². The van der Waals surface area contributed by atoms with Crippen LogP contribution in [0.15, 0.2) is 12.4 Å². The van der Waals surface area contributed by atoms with Gasteiger partial charge < -0.3 is 9.80 Å². The minimum Gasteiger partial charge on any atom is -0.358 e. The first-order chi connectivity index (χ1) is 9.19. The molecule has 0 spiro atoms. The Hall–Kier alpha value is -0.660. The van der Waals surface area contributed by atoms with Crippen LogP contribution >= 0.6 is 0 Å². The molecule has 3 rings (SSSR count). The minimum absolute atomic E-state index is 0.950. The van der Waals surface area contributed by atoms with Gasteiger partial charge in [0.1, 0.15) is 0 Å². The molecule has 1 aliphatic heterocycles. The summed E-state index contributed by atoms with van der Waals surface area (Å²) in [6.45, 7) is 8.55. The van der Waals surface area contributed by atoms with Crippen molar-refractivity contribution in [3.8, 4) is 0 Å². The Bertz CT molecular complexity index is 295. The van der Waals surface area contributed by atoms with Gasteiger partial charge in [-0.05, 0) is 49.4 Å². The molecular weight excluding hydrogens is 232 g/mol. The number of hydrogen-bond acceptors (Lipinski definition) is 2. The predicted molar refractivity (Wildman–Crippen MR) is 80.4 cm³/mol. The summed E-state index contributed by atoms with van der Waals surface area (Å²) in [5.74, 6) is 3.83. The van der Waals surface area contributed by atoms with E-state index in [1.165, 1.54) is 51.6 Å². The molecule has 2 nitrogen and oxygen atoms in total. The third-order valence-corrected chi connectivity index (χ3v) is 5.44. The largest absolute Gasteiger partial charge is 0.358 e. The molecule has 2 heteroatoms. The maximum absolute atomic E-state index is 2.54. The van der Waals surface area contributed by atoms with Gasteiger partial charge in [-0.25, -0.2) is 0 Å². The SMILES string of the molecule is CC1CCC(CN2C=CN(CC3CCC(C)C3)C2)C1. The molecule has 2 saturated carbocycles. The minimum atomic E-state index is 0.950. The summed E-state index contributed by atoms with van der Waals surface area (Å²) < 4.78 is 0. The van der Waals surface area contributed by atoms with Crippen LogP contribution in [0.25, 0.3) is 0 Å². The first-order valence-corrected chi connectivity index (χ1v) is 8.35. The van der Waals surface area contributed by atoms with Crippen molar-refractivity contribution < 1.29 is 0 Å². The van der Waals surface area contributed by atoms with E-state index in [0.29, 0.717) is 0 Å². The average molecular weight is 262 g/mol. The van der Waals surface area contributed by atoms with Crippen LogP contribution in [-0.4, -0.2) is 29.6 Å². The first-order valence-electron chi connectivity index (χ1n) is 8.35. The molecular formula is C17H30N2. The average Bonchev–Trinajstić information content (AvgIpc) is 3.05. The Kier molecular flexibility index (Phi) is 4.04. The van der Waals surface area contributed by atoms with Gasteiger partial charge in [-0.3, -0.25) is 0 Å². The van der Waals surface area contributed by atoms with Gasteiger partial charge in [0.15, 0.2) is 0 Å². The second-order valence-electron chi connectivity index (χ2n) is 7.55. The fraction of sp³-hybridized carbons (Fsp3) is 0.882. The van der Waals surface area contributed by atoms with Gasteiger partial charge in [-0.2, -0.15) is 0 Å². The highest BCUT2D eigenvalue weighted by Gasteiger charge is 2.26. The van der Waals surface area contributed by atoms with E-state index in [4.69, 9.17) is 0 Å². The smallest absolute Gasteiger partial charge is 0.0893 e. The summed E-state index contributed by atoms with van der Waals surface area (Å²) in [5, 5.41) is 0. The van der Waals surface area contributed by atoms with Crippen molar-refractivity contribution in [1.82, 2.24) is 9.80 Å². The molecule has 0 aromatic heterocycles. The normalized spacial score (nSPS) is 38.6. The molecule has 0 amide bonds. The molecule has 3 aliphatic rings. The van der Waals surface area contributed by atoms with Gasteiger partial charge in [0.25, 0.3) is 0 Å². The van der Waals surface area contributed by atoms with Gasteiger partial charge in [0.05, 0.1) is 6.67 Å². The zero-order valence-electron chi connectivity index (χ0n) is 12.7. The first kappa shape index (κ1) is 13.3. The maximum Gasteiger partial charge on any atom is 0.0893 e. The van der Waals surface area contributed by atoms with E-state index >= 15 is 0 Å². The van der Waals surface area contributed by atoms with Gasteiger partial charge in [0, 0.05) is 25.5 Å². The molecule has 2 aliphatic carbocycles. The van der Waals surface area contributed by atoms with Gasteiger partial charge in [-0.15, -0.1) is 0 Å². The van der Waals surface area contributed by atoms with Crippen LogP contribution in [0, 0.1) is 23.7 Å². The Labute approximate surface area is 118 Å². The van der Waals surface area contributed by atoms with E-state index in [1.807, 2.05) is 0 Å². The van der Waals surface area contributed by atoms with E-state index < -0.39 is 0 Å². The molecule has 0 aromatic rings. The van der Waals surface area contributed by atoms with Crippen LogP contribution < -0.4 is 0 Å². The van der Waals surface area contributed by atoms with Crippen molar-refractivity contribution in [2.24, 2.45) is 23.7 Å². The van der Waals surface area contributed by atoms with Crippen molar-refractivity contribution in [1.29, 1.82) is 0 Å². The lowest BCUT2D eigenvalue weighted by Crippen LogP contribution is -2.31. The summed E-state index contributed by atoms with van der Waals surface area (Å²) in [7, 11) is 0. The van der Waals surface area contributed by atoms with Crippen LogP contribution in [0.3, 0.4) is 0 Å². The lowest BCUT2D eigenvalue weighted by molar-refractivity contribution is 0.215. The van der Waals surface area contributed by atoms with Crippen molar-refractivity contribution in [3.63, 3.8) is 0 Å². The summed E-state index contributed by atoms with van der Waals surface area (Å²) in [4.78, 5) is 5.09. The highest BCUT2D eigenvalue weighted by Crippen LogP contribution is 2.33. The zero-order chi connectivity index (χ0) is 13.2. The fourth-order valence-electron chi connectivity index (χ4n) is 4.40. The topological polar surface area (TPSA) is 6.48 Å². The monoisotopic (exact) mass is 262 g/mol. The number of nitrogens with zero attached hydrogens (tertiary/aromatic N) is 2. The van der Waals surface area contributed by atoms with Crippen molar-refractivity contribution in [2.75, 3.05) is 19.8 Å². The third-order valence-electron chi connectivity index (χ3n) is 5.44. The molecule has 4 atom stereocenters. The Morgan fingerprint density at radius 1 is 0.789 bits per heavy atom. The Balaban J connectivity index is 1.39. The number of hydrogen-bond donors (Lipinski definition) is 0. The summed E-state index contributed by atoms with van der Waals surface area (Å²) >= 11 is 0. The van der Waals surface area contributed by atoms with Crippen LogP contribution in [-0.2, 0) is 0 Å². The highest BCUT2D eigenvalue weighted by atomic mass is 15.3. The second kappa shape index (κ2) is 5.76. The van der Waals surface area contributed by atoms with E-state index in [-0.39, 0.29) is 0 Å². The maximum atomic E-state index is 2.54. The standard InChI is InChI=1S/C17H30N2/c1-14-3-5-16(9-14)11-18-7-8-19(13-18)12-17-6-4-15(2)10-17/h7-8,14-17H,3-6,9-13H2,1-2H3. The molecule has 0 aromatic carbocycles. The third kappa shape index (κ3) is 3.46. The predicted octanol–water partition coefficient (Wildman–Crippen LogP) is 3.91. The molecule has 19 heavy (non-hydrogen) atoms. The molecule has 1 heterocycles. The van der Waals surface area contributed by atoms with E-state index in [1.54, 1.807) is 0 Å². The molecule has 108 valence electrons. The van der Waals surface area contributed by atoms with Gasteiger partial charge in [-0.1, -0.05) is 26.7 Å². The molecule has 0 saturated heterocycles.